The number of nitrogens with one attached hydrogen (secondary N) is 2. The Bertz CT molecular complexity index is 1030. The number of urea groups is 1. The zero-order chi connectivity index (χ0) is 20.8. The molecule has 0 spiro atoms. The van der Waals surface area contributed by atoms with Crippen molar-refractivity contribution in [3.8, 4) is 11.5 Å². The van der Waals surface area contributed by atoms with Gasteiger partial charge >= 0.3 is 6.03 Å². The van der Waals surface area contributed by atoms with Gasteiger partial charge < -0.3 is 25.0 Å². The first-order chi connectivity index (χ1) is 14.7. The minimum atomic E-state index is -0.372. The van der Waals surface area contributed by atoms with Crippen LogP contribution in [0.3, 0.4) is 0 Å². The van der Waals surface area contributed by atoms with Crippen LogP contribution in [0.4, 0.5) is 21.9 Å². The molecule has 3 aromatic rings. The molecule has 30 heavy (non-hydrogen) atoms. The summed E-state index contributed by atoms with van der Waals surface area (Å²) in [6.07, 6.45) is 0. The summed E-state index contributed by atoms with van der Waals surface area (Å²) in [5.74, 6) is 1.17. The number of para-hydroxylation sites is 2. The fourth-order valence-corrected chi connectivity index (χ4v) is 3.11. The third-order valence-electron chi connectivity index (χ3n) is 4.52. The Labute approximate surface area is 174 Å². The monoisotopic (exact) mass is 403 g/mol. The average Bonchev–Trinajstić information content (AvgIpc) is 2.77. The smallest absolute Gasteiger partial charge is 0.323 e. The van der Waals surface area contributed by atoms with Gasteiger partial charge in [0.2, 0.25) is 0 Å². The molecule has 152 valence electrons. The van der Waals surface area contributed by atoms with Crippen molar-refractivity contribution in [2.75, 3.05) is 35.3 Å². The molecular weight excluding hydrogens is 382 g/mol. The number of amides is 3. The lowest BCUT2D eigenvalue weighted by Crippen LogP contribution is -2.41. The van der Waals surface area contributed by atoms with Crippen LogP contribution in [0.5, 0.6) is 11.5 Å². The normalized spacial score (nSPS) is 12.5. The van der Waals surface area contributed by atoms with E-state index < -0.39 is 0 Å². The lowest BCUT2D eigenvalue weighted by molar-refractivity contribution is -0.121. The van der Waals surface area contributed by atoms with Crippen LogP contribution >= 0.6 is 0 Å². The fraction of sp³-hybridized carbons (Fsp3) is 0.130. The Morgan fingerprint density at radius 2 is 1.63 bits per heavy atom. The fourth-order valence-electron chi connectivity index (χ4n) is 3.11. The van der Waals surface area contributed by atoms with Gasteiger partial charge in [0, 0.05) is 11.4 Å². The quantitative estimate of drug-likeness (QED) is 0.648. The van der Waals surface area contributed by atoms with Crippen molar-refractivity contribution < 1.29 is 19.1 Å². The number of ether oxygens (including phenoxy) is 2. The number of nitrogens with zero attached hydrogens (tertiary/aromatic N) is 1. The highest BCUT2D eigenvalue weighted by Crippen LogP contribution is 2.34. The molecule has 0 saturated carbocycles. The van der Waals surface area contributed by atoms with Gasteiger partial charge in [-0.2, -0.15) is 0 Å². The predicted octanol–water partition coefficient (Wildman–Crippen LogP) is 4.14. The zero-order valence-electron chi connectivity index (χ0n) is 16.2. The van der Waals surface area contributed by atoms with E-state index in [9.17, 15) is 9.59 Å². The summed E-state index contributed by atoms with van der Waals surface area (Å²) in [6.45, 7) is 0.671. The van der Waals surface area contributed by atoms with Crippen LogP contribution in [0, 0.1) is 0 Å². The van der Waals surface area contributed by atoms with Crippen molar-refractivity contribution in [2.45, 2.75) is 0 Å². The number of carbonyl (C=O) groups is 2. The van der Waals surface area contributed by atoms with Crippen LogP contribution in [-0.4, -0.2) is 31.7 Å². The van der Waals surface area contributed by atoms with Gasteiger partial charge in [-0.1, -0.05) is 36.4 Å². The van der Waals surface area contributed by atoms with Crippen molar-refractivity contribution in [3.05, 3.63) is 78.9 Å². The largest absolute Gasteiger partial charge is 0.492 e. The van der Waals surface area contributed by atoms with Gasteiger partial charge in [0.25, 0.3) is 5.91 Å². The van der Waals surface area contributed by atoms with E-state index in [4.69, 9.17) is 9.47 Å². The van der Waals surface area contributed by atoms with Gasteiger partial charge in [-0.15, -0.1) is 0 Å². The highest BCUT2D eigenvalue weighted by atomic mass is 16.5. The van der Waals surface area contributed by atoms with Gasteiger partial charge in [-0.25, -0.2) is 4.79 Å². The van der Waals surface area contributed by atoms with Crippen molar-refractivity contribution >= 4 is 29.0 Å². The summed E-state index contributed by atoms with van der Waals surface area (Å²) in [4.78, 5) is 26.3. The number of anilines is 3. The Kier molecular flexibility index (Phi) is 5.80. The summed E-state index contributed by atoms with van der Waals surface area (Å²) in [5.41, 5.74) is 1.83. The van der Waals surface area contributed by atoms with E-state index >= 15 is 0 Å². The second-order valence-electron chi connectivity index (χ2n) is 6.62. The van der Waals surface area contributed by atoms with Crippen LogP contribution in [0.2, 0.25) is 0 Å². The molecule has 1 heterocycles. The molecular formula is C23H21N3O4. The molecule has 0 aliphatic carbocycles. The molecule has 0 unspecified atom stereocenters. The number of hydrogen-bond acceptors (Lipinski definition) is 4. The summed E-state index contributed by atoms with van der Waals surface area (Å²) in [7, 11) is 0. The Balaban J connectivity index is 1.43. The summed E-state index contributed by atoms with van der Waals surface area (Å²) in [6, 6.07) is 23.4. The number of carbonyl (C=O) groups excluding carboxylic acids is 2. The molecule has 1 aliphatic heterocycles. The van der Waals surface area contributed by atoms with E-state index in [-0.39, 0.29) is 18.5 Å². The minimum absolute atomic E-state index is 0.0282. The lowest BCUT2D eigenvalue weighted by Gasteiger charge is -2.29. The van der Waals surface area contributed by atoms with E-state index in [1.165, 1.54) is 0 Å². The highest BCUT2D eigenvalue weighted by molar-refractivity contribution is 6.02. The minimum Gasteiger partial charge on any atom is -0.492 e. The molecule has 1 aliphatic rings. The van der Waals surface area contributed by atoms with Gasteiger partial charge in [0.15, 0.2) is 6.61 Å². The van der Waals surface area contributed by atoms with Crippen molar-refractivity contribution in [1.82, 2.24) is 0 Å². The average molecular weight is 403 g/mol. The number of hydrogen-bond donors (Lipinski definition) is 2. The van der Waals surface area contributed by atoms with Crippen LogP contribution in [0.25, 0.3) is 0 Å². The second kappa shape index (κ2) is 9.00. The van der Waals surface area contributed by atoms with E-state index in [2.05, 4.69) is 10.6 Å². The Hall–Kier alpha value is -4.00. The molecule has 7 nitrogen and oxygen atoms in total. The molecule has 0 bridgehead atoms. The summed E-state index contributed by atoms with van der Waals surface area (Å²) in [5, 5.41) is 5.54. The molecule has 4 rings (SSSR count). The van der Waals surface area contributed by atoms with Gasteiger partial charge in [-0.05, 0) is 42.5 Å². The van der Waals surface area contributed by atoms with Crippen molar-refractivity contribution in [1.29, 1.82) is 0 Å². The molecule has 0 fully saturated rings. The molecule has 0 radical (unpaired) electrons. The lowest BCUT2D eigenvalue weighted by atomic mass is 10.2. The van der Waals surface area contributed by atoms with Crippen LogP contribution in [0.1, 0.15) is 0 Å². The SMILES string of the molecule is O=C(Nc1ccccc1)Nc1ccc2c(c1)N(CCOc1ccccc1)C(=O)CO2. The molecule has 0 atom stereocenters. The summed E-state index contributed by atoms with van der Waals surface area (Å²) < 4.78 is 11.2. The Morgan fingerprint density at radius 1 is 0.933 bits per heavy atom. The van der Waals surface area contributed by atoms with Crippen LogP contribution < -0.4 is 25.0 Å². The predicted molar refractivity (Wildman–Crippen MR) is 115 cm³/mol. The number of rotatable bonds is 6. The number of benzene rings is 3. The van der Waals surface area contributed by atoms with Crippen LogP contribution in [0.15, 0.2) is 78.9 Å². The van der Waals surface area contributed by atoms with E-state index in [1.54, 1.807) is 35.2 Å². The molecule has 7 heteroatoms. The van der Waals surface area contributed by atoms with Gasteiger partial charge in [0.1, 0.15) is 18.1 Å². The second-order valence-corrected chi connectivity index (χ2v) is 6.62. The molecule has 2 N–H and O–H groups in total. The first kappa shape index (κ1) is 19.3. The van der Waals surface area contributed by atoms with Gasteiger partial charge in [0.05, 0.1) is 12.2 Å². The molecule has 0 saturated heterocycles. The third-order valence-corrected chi connectivity index (χ3v) is 4.52. The van der Waals surface area contributed by atoms with Gasteiger partial charge in [-0.3, -0.25) is 4.79 Å². The summed E-state index contributed by atoms with van der Waals surface area (Å²) >= 11 is 0. The molecule has 0 aromatic heterocycles. The number of fused-ring (bicyclic) bond motifs is 1. The maximum absolute atomic E-state index is 12.4. The van der Waals surface area contributed by atoms with Crippen LogP contribution in [-0.2, 0) is 4.79 Å². The van der Waals surface area contributed by atoms with E-state index in [0.717, 1.165) is 5.75 Å². The first-order valence-electron chi connectivity index (χ1n) is 9.57. The van der Waals surface area contributed by atoms with E-state index in [1.807, 2.05) is 48.5 Å². The van der Waals surface area contributed by atoms with E-state index in [0.29, 0.717) is 36.0 Å². The topological polar surface area (TPSA) is 79.9 Å². The highest BCUT2D eigenvalue weighted by Gasteiger charge is 2.26. The standard InChI is InChI=1S/C23H21N3O4/c27-22-16-30-21-12-11-18(25-23(28)24-17-7-3-1-4-8-17)15-20(21)26(22)13-14-29-19-9-5-2-6-10-19/h1-12,15H,13-14,16H2,(H2,24,25,28). The third kappa shape index (κ3) is 4.70. The maximum atomic E-state index is 12.4. The first-order valence-corrected chi connectivity index (χ1v) is 9.57. The van der Waals surface area contributed by atoms with Crippen molar-refractivity contribution in [3.63, 3.8) is 0 Å². The molecule has 3 aromatic carbocycles. The Morgan fingerprint density at radius 3 is 2.40 bits per heavy atom. The maximum Gasteiger partial charge on any atom is 0.323 e. The van der Waals surface area contributed by atoms with Crippen molar-refractivity contribution in [2.24, 2.45) is 0 Å². The molecule has 3 amide bonds. The zero-order valence-corrected chi connectivity index (χ0v) is 16.2.